The monoisotopic (exact) mass is 444 g/mol. The second-order valence-electron chi connectivity index (χ2n) is 9.98. The molecule has 0 bridgehead atoms. The second-order valence-corrected chi connectivity index (χ2v) is 9.98. The number of hydrogen-bond acceptors (Lipinski definition) is 6. The van der Waals surface area contributed by atoms with E-state index >= 15 is 4.39 Å². The molecule has 3 atom stereocenters. The lowest BCUT2D eigenvalue weighted by molar-refractivity contribution is -0.136. The van der Waals surface area contributed by atoms with Crippen molar-refractivity contribution in [2.24, 2.45) is 0 Å². The minimum absolute atomic E-state index is 0.0102. The number of anilines is 1. The Hall–Kier alpha value is -2.81. The number of piperidine rings is 1. The Labute approximate surface area is 186 Å². The van der Waals surface area contributed by atoms with Gasteiger partial charge in [-0.2, -0.15) is 0 Å². The van der Waals surface area contributed by atoms with Gasteiger partial charge in [-0.25, -0.2) is 4.39 Å². The van der Waals surface area contributed by atoms with Gasteiger partial charge in [-0.1, -0.05) is 0 Å². The number of halogens is 1. The number of amides is 4. The Morgan fingerprint density at radius 2 is 1.53 bits per heavy atom. The zero-order valence-electron chi connectivity index (χ0n) is 19.1. The Morgan fingerprint density at radius 3 is 2.06 bits per heavy atom. The van der Waals surface area contributed by atoms with E-state index in [0.717, 1.165) is 24.1 Å². The number of fused-ring (bicyclic) bond motifs is 1. The highest BCUT2D eigenvalue weighted by Gasteiger charge is 2.46. The zero-order chi connectivity index (χ0) is 23.5. The van der Waals surface area contributed by atoms with Crippen LogP contribution in [0.2, 0.25) is 0 Å². The first-order valence-electron chi connectivity index (χ1n) is 11.0. The van der Waals surface area contributed by atoms with E-state index in [1.54, 1.807) is 0 Å². The molecule has 9 heteroatoms. The molecule has 4 rings (SSSR count). The summed E-state index contributed by atoms with van der Waals surface area (Å²) in [5, 5.41) is 2.17. The molecule has 0 aromatic heterocycles. The van der Waals surface area contributed by atoms with E-state index in [1.165, 1.54) is 6.07 Å². The number of carbonyl (C=O) groups excluding carboxylic acids is 4. The van der Waals surface area contributed by atoms with Gasteiger partial charge in [-0.3, -0.25) is 34.3 Å². The predicted octanol–water partition coefficient (Wildman–Crippen LogP) is 1.92. The average Bonchev–Trinajstić information content (AvgIpc) is 2.91. The molecular formula is C23H29FN4O4. The summed E-state index contributed by atoms with van der Waals surface area (Å²) in [5.41, 5.74) is 0.308. The van der Waals surface area contributed by atoms with Crippen LogP contribution in [0, 0.1) is 5.82 Å². The summed E-state index contributed by atoms with van der Waals surface area (Å²) in [5.74, 6) is -3.03. The van der Waals surface area contributed by atoms with Crippen LogP contribution < -0.4 is 10.2 Å². The van der Waals surface area contributed by atoms with Crippen LogP contribution in [0.25, 0.3) is 0 Å². The van der Waals surface area contributed by atoms with Crippen molar-refractivity contribution in [1.29, 1.82) is 0 Å². The number of benzene rings is 1. The van der Waals surface area contributed by atoms with Crippen LogP contribution in [0.1, 0.15) is 68.2 Å². The fourth-order valence-electron chi connectivity index (χ4n) is 5.02. The Balaban J connectivity index is 1.66. The molecule has 1 aromatic rings. The van der Waals surface area contributed by atoms with Crippen molar-refractivity contribution in [2.75, 3.05) is 18.0 Å². The van der Waals surface area contributed by atoms with Gasteiger partial charge >= 0.3 is 0 Å². The van der Waals surface area contributed by atoms with Gasteiger partial charge in [0.25, 0.3) is 11.8 Å². The molecule has 1 aromatic carbocycles. The zero-order valence-corrected chi connectivity index (χ0v) is 19.1. The molecule has 0 saturated carbocycles. The smallest absolute Gasteiger partial charge is 0.262 e. The highest BCUT2D eigenvalue weighted by Crippen LogP contribution is 2.35. The van der Waals surface area contributed by atoms with Gasteiger partial charge in [0.2, 0.25) is 11.8 Å². The van der Waals surface area contributed by atoms with Crippen molar-refractivity contribution in [3.63, 3.8) is 0 Å². The molecular weight excluding hydrogens is 415 g/mol. The molecule has 2 saturated heterocycles. The first-order chi connectivity index (χ1) is 14.9. The fraction of sp³-hybridized carbons (Fsp3) is 0.565. The number of nitrogens with one attached hydrogen (secondary N) is 1. The van der Waals surface area contributed by atoms with Crippen LogP contribution in [-0.4, -0.2) is 70.2 Å². The average molecular weight is 445 g/mol. The van der Waals surface area contributed by atoms with E-state index in [-0.39, 0.29) is 47.3 Å². The molecule has 172 valence electrons. The van der Waals surface area contributed by atoms with E-state index in [9.17, 15) is 19.2 Å². The van der Waals surface area contributed by atoms with Gasteiger partial charge < -0.3 is 4.90 Å². The molecule has 2 fully saturated rings. The molecule has 3 aliphatic rings. The third kappa shape index (κ3) is 3.58. The summed E-state index contributed by atoms with van der Waals surface area (Å²) in [6.07, 6.45) is 0.102. The van der Waals surface area contributed by atoms with E-state index in [1.807, 2.05) is 18.7 Å². The third-order valence-electron chi connectivity index (χ3n) is 6.65. The molecule has 32 heavy (non-hydrogen) atoms. The van der Waals surface area contributed by atoms with Crippen LogP contribution in [0.5, 0.6) is 0 Å². The van der Waals surface area contributed by atoms with Gasteiger partial charge in [-0.05, 0) is 53.2 Å². The van der Waals surface area contributed by atoms with E-state index in [0.29, 0.717) is 0 Å². The van der Waals surface area contributed by atoms with Gasteiger partial charge in [-0.15, -0.1) is 0 Å². The maximum absolute atomic E-state index is 15.2. The molecule has 8 nitrogen and oxygen atoms in total. The summed E-state index contributed by atoms with van der Waals surface area (Å²) in [6.45, 7) is 11.9. The van der Waals surface area contributed by atoms with Crippen LogP contribution in [0.3, 0.4) is 0 Å². The minimum Gasteiger partial charge on any atom is -0.361 e. The highest BCUT2D eigenvalue weighted by molar-refractivity contribution is 6.23. The molecule has 0 aliphatic carbocycles. The molecule has 0 radical (unpaired) electrons. The van der Waals surface area contributed by atoms with Gasteiger partial charge in [0, 0.05) is 37.1 Å². The summed E-state index contributed by atoms with van der Waals surface area (Å²) in [6, 6.07) is 1.45. The maximum atomic E-state index is 15.2. The Kier molecular flexibility index (Phi) is 5.35. The van der Waals surface area contributed by atoms with Crippen molar-refractivity contribution in [3.8, 4) is 0 Å². The largest absolute Gasteiger partial charge is 0.361 e. The SMILES string of the molecule is CC1CN(C(C)(C)C)CC(C)N1c1cc2c(cc1F)C(=O)N(C1CCC(=O)NC1=O)C2=O. The van der Waals surface area contributed by atoms with Crippen LogP contribution in [0.4, 0.5) is 10.1 Å². The normalized spacial score (nSPS) is 27.1. The topological polar surface area (TPSA) is 90.0 Å². The van der Waals surface area contributed by atoms with Crippen LogP contribution >= 0.6 is 0 Å². The molecule has 0 spiro atoms. The number of nitrogens with zero attached hydrogens (tertiary/aromatic N) is 3. The second kappa shape index (κ2) is 7.65. The number of rotatable bonds is 2. The van der Waals surface area contributed by atoms with E-state index in [4.69, 9.17) is 0 Å². The first-order valence-corrected chi connectivity index (χ1v) is 11.0. The number of piperazine rings is 1. The Morgan fingerprint density at radius 1 is 0.969 bits per heavy atom. The van der Waals surface area contributed by atoms with Crippen molar-refractivity contribution >= 4 is 29.3 Å². The maximum Gasteiger partial charge on any atom is 0.262 e. The first kappa shape index (κ1) is 22.4. The summed E-state index contributed by atoms with van der Waals surface area (Å²) < 4.78 is 15.2. The quantitative estimate of drug-likeness (QED) is 0.701. The van der Waals surface area contributed by atoms with Crippen molar-refractivity contribution < 1.29 is 23.6 Å². The summed E-state index contributed by atoms with van der Waals surface area (Å²) >= 11 is 0. The molecule has 4 amide bonds. The molecule has 3 unspecified atom stereocenters. The standard InChI is InChI=1S/C23H29FN4O4/c1-12-10-26(23(3,4)5)11-13(2)27(12)18-9-15-14(8-16(18)24)21(31)28(22(15)32)17-6-7-19(29)25-20(17)30/h8-9,12-13,17H,6-7,10-11H2,1-5H3,(H,25,29,30). The minimum atomic E-state index is -1.07. The lowest BCUT2D eigenvalue weighted by Crippen LogP contribution is -2.61. The fourth-order valence-corrected chi connectivity index (χ4v) is 5.02. The summed E-state index contributed by atoms with van der Waals surface area (Å²) in [7, 11) is 0. The molecule has 3 heterocycles. The number of imide groups is 2. The number of hydrogen-bond donors (Lipinski definition) is 1. The van der Waals surface area contributed by atoms with Crippen molar-refractivity contribution in [3.05, 3.63) is 29.1 Å². The van der Waals surface area contributed by atoms with E-state index < -0.39 is 35.5 Å². The van der Waals surface area contributed by atoms with E-state index in [2.05, 4.69) is 31.0 Å². The van der Waals surface area contributed by atoms with Crippen molar-refractivity contribution in [1.82, 2.24) is 15.1 Å². The summed E-state index contributed by atoms with van der Waals surface area (Å²) in [4.78, 5) is 54.9. The van der Waals surface area contributed by atoms with Crippen molar-refractivity contribution in [2.45, 2.75) is 71.1 Å². The lowest BCUT2D eigenvalue weighted by Gasteiger charge is -2.50. The van der Waals surface area contributed by atoms with Crippen LogP contribution in [-0.2, 0) is 9.59 Å². The molecule has 3 aliphatic heterocycles. The highest BCUT2D eigenvalue weighted by atomic mass is 19.1. The number of carbonyl (C=O) groups is 4. The lowest BCUT2D eigenvalue weighted by atomic mass is 9.98. The Bertz CT molecular complexity index is 1010. The third-order valence-corrected chi connectivity index (χ3v) is 6.65. The predicted molar refractivity (Wildman–Crippen MR) is 116 cm³/mol. The van der Waals surface area contributed by atoms with Gasteiger partial charge in [0.05, 0.1) is 16.8 Å². The van der Waals surface area contributed by atoms with Gasteiger partial charge in [0.1, 0.15) is 11.9 Å². The molecule has 1 N–H and O–H groups in total. The van der Waals surface area contributed by atoms with Gasteiger partial charge in [0.15, 0.2) is 0 Å². The van der Waals surface area contributed by atoms with Crippen LogP contribution in [0.15, 0.2) is 12.1 Å².